The maximum absolute atomic E-state index is 9.76. The molecule has 0 amide bonds. The van der Waals surface area contributed by atoms with Crippen LogP contribution in [0.3, 0.4) is 0 Å². The number of unbranched alkanes of at least 4 members (excludes halogenated alkanes) is 2. The van der Waals surface area contributed by atoms with Crippen LogP contribution in [0.15, 0.2) is 0 Å². The normalized spacial score (nSPS) is 34.6. The summed E-state index contributed by atoms with van der Waals surface area (Å²) in [6.45, 7) is 7.34. The van der Waals surface area contributed by atoms with Crippen molar-refractivity contribution in [3.63, 3.8) is 0 Å². The fraction of sp³-hybridized carbons (Fsp3) is 1.00. The molecule has 0 aromatic heterocycles. The summed E-state index contributed by atoms with van der Waals surface area (Å²) in [6.07, 6.45) is -1.93. The molecule has 1 heterocycles. The van der Waals surface area contributed by atoms with Crippen molar-refractivity contribution < 1.29 is 24.8 Å². The van der Waals surface area contributed by atoms with E-state index in [0.717, 1.165) is 25.8 Å². The summed E-state index contributed by atoms with van der Waals surface area (Å²) in [5.74, 6) is 0. The van der Waals surface area contributed by atoms with Crippen LogP contribution in [-0.4, -0.2) is 65.2 Å². The van der Waals surface area contributed by atoms with Crippen LogP contribution < -0.4 is 5.32 Å². The number of ether oxygens (including phenoxy) is 2. The van der Waals surface area contributed by atoms with Gasteiger partial charge in [0.25, 0.3) is 0 Å². The molecule has 0 saturated carbocycles. The number of rotatable bonds is 8. The highest BCUT2D eigenvalue weighted by atomic mass is 16.7. The molecule has 1 aliphatic heterocycles. The Kier molecular flexibility index (Phi) is 7.94. The first-order chi connectivity index (χ1) is 9.43. The van der Waals surface area contributed by atoms with Crippen LogP contribution in [0.4, 0.5) is 0 Å². The molecule has 6 nitrogen and oxygen atoms in total. The van der Waals surface area contributed by atoms with E-state index >= 15 is 0 Å². The van der Waals surface area contributed by atoms with Crippen LogP contribution in [0.5, 0.6) is 0 Å². The summed E-state index contributed by atoms with van der Waals surface area (Å²) in [4.78, 5) is 0. The van der Waals surface area contributed by atoms with E-state index < -0.39 is 30.7 Å². The van der Waals surface area contributed by atoms with E-state index in [-0.39, 0.29) is 0 Å². The van der Waals surface area contributed by atoms with Crippen LogP contribution in [-0.2, 0) is 9.47 Å². The Hall–Kier alpha value is -0.240. The molecule has 120 valence electrons. The Morgan fingerprint density at radius 3 is 2.40 bits per heavy atom. The molecular weight excluding hydrogens is 262 g/mol. The second-order valence-corrected chi connectivity index (χ2v) is 5.72. The van der Waals surface area contributed by atoms with Gasteiger partial charge in [-0.3, -0.25) is 0 Å². The van der Waals surface area contributed by atoms with Gasteiger partial charge in [0, 0.05) is 12.6 Å². The van der Waals surface area contributed by atoms with Gasteiger partial charge in [-0.15, -0.1) is 0 Å². The zero-order valence-electron chi connectivity index (χ0n) is 12.7. The molecule has 20 heavy (non-hydrogen) atoms. The quantitative estimate of drug-likeness (QED) is 0.471. The molecule has 6 heteroatoms. The van der Waals surface area contributed by atoms with Gasteiger partial charge in [-0.05, 0) is 32.7 Å². The van der Waals surface area contributed by atoms with Crippen LogP contribution in [0, 0.1) is 0 Å². The molecule has 1 saturated heterocycles. The second kappa shape index (κ2) is 8.92. The van der Waals surface area contributed by atoms with Gasteiger partial charge >= 0.3 is 0 Å². The Morgan fingerprint density at radius 1 is 1.05 bits per heavy atom. The first-order valence-electron chi connectivity index (χ1n) is 7.48. The van der Waals surface area contributed by atoms with Crippen molar-refractivity contribution in [3.05, 3.63) is 0 Å². The molecule has 0 radical (unpaired) electrons. The molecule has 1 rings (SSSR count). The van der Waals surface area contributed by atoms with Gasteiger partial charge in [0.1, 0.15) is 18.3 Å². The van der Waals surface area contributed by atoms with Crippen molar-refractivity contribution in [2.24, 2.45) is 0 Å². The van der Waals surface area contributed by atoms with Crippen molar-refractivity contribution in [2.45, 2.75) is 76.8 Å². The topological polar surface area (TPSA) is 91.2 Å². The highest BCUT2D eigenvalue weighted by molar-refractivity contribution is 4.87. The lowest BCUT2D eigenvalue weighted by Crippen LogP contribution is -2.57. The summed E-state index contributed by atoms with van der Waals surface area (Å²) in [5.41, 5.74) is 0. The number of hydrogen-bond donors (Lipinski definition) is 4. The van der Waals surface area contributed by atoms with Gasteiger partial charge in [0.15, 0.2) is 6.29 Å². The lowest BCUT2D eigenvalue weighted by atomic mass is 10.0. The molecule has 0 bridgehead atoms. The standard InChI is InChI=1S/C14H29NO5/c1-9(2)15-7-5-4-6-8-19-14-13(18)12(17)11(16)10(3)20-14/h9-18H,4-8H2,1-3H3/t10-,11+,12+,13-,14-/m0/s1. The Morgan fingerprint density at radius 2 is 1.75 bits per heavy atom. The SMILES string of the molecule is CC(C)NCCCCCO[C@H]1O[C@@H](C)[C@@H](O)[C@@H](O)[C@@H]1O. The Bertz CT molecular complexity index is 264. The van der Waals surface area contributed by atoms with E-state index in [1.54, 1.807) is 6.92 Å². The van der Waals surface area contributed by atoms with E-state index in [1.165, 1.54) is 0 Å². The van der Waals surface area contributed by atoms with Crippen LogP contribution in [0.2, 0.25) is 0 Å². The molecule has 1 aliphatic rings. The van der Waals surface area contributed by atoms with Crippen molar-refractivity contribution in [2.75, 3.05) is 13.2 Å². The molecule has 5 atom stereocenters. The third kappa shape index (κ3) is 5.63. The molecule has 4 N–H and O–H groups in total. The van der Waals surface area contributed by atoms with E-state index in [4.69, 9.17) is 9.47 Å². The first-order valence-corrected chi connectivity index (χ1v) is 7.48. The number of hydrogen-bond acceptors (Lipinski definition) is 6. The van der Waals surface area contributed by atoms with E-state index in [2.05, 4.69) is 19.2 Å². The van der Waals surface area contributed by atoms with Gasteiger partial charge in [0.2, 0.25) is 0 Å². The average Bonchev–Trinajstić information content (AvgIpc) is 2.40. The van der Waals surface area contributed by atoms with Crippen LogP contribution >= 0.6 is 0 Å². The average molecular weight is 291 g/mol. The molecule has 0 aliphatic carbocycles. The van der Waals surface area contributed by atoms with Gasteiger partial charge in [-0.1, -0.05) is 13.8 Å². The molecule has 0 unspecified atom stereocenters. The van der Waals surface area contributed by atoms with Crippen LogP contribution in [0.25, 0.3) is 0 Å². The molecular formula is C14H29NO5. The lowest BCUT2D eigenvalue weighted by Gasteiger charge is -2.38. The third-order valence-corrected chi connectivity index (χ3v) is 3.46. The van der Waals surface area contributed by atoms with Crippen molar-refractivity contribution in [1.82, 2.24) is 5.32 Å². The maximum atomic E-state index is 9.76. The summed E-state index contributed by atoms with van der Waals surface area (Å²) >= 11 is 0. The molecule has 0 aromatic carbocycles. The van der Waals surface area contributed by atoms with E-state index in [1.807, 2.05) is 0 Å². The van der Waals surface area contributed by atoms with E-state index in [9.17, 15) is 15.3 Å². The summed E-state index contributed by atoms with van der Waals surface area (Å²) < 4.78 is 10.8. The Labute approximate surface area is 121 Å². The first kappa shape index (κ1) is 17.8. The predicted molar refractivity (Wildman–Crippen MR) is 75.3 cm³/mol. The molecule has 0 aromatic rings. The van der Waals surface area contributed by atoms with Gasteiger partial charge in [0.05, 0.1) is 6.10 Å². The molecule has 1 fully saturated rings. The van der Waals surface area contributed by atoms with Crippen molar-refractivity contribution >= 4 is 0 Å². The smallest absolute Gasteiger partial charge is 0.186 e. The van der Waals surface area contributed by atoms with E-state index in [0.29, 0.717) is 12.6 Å². The predicted octanol–water partition coefficient (Wildman–Crippen LogP) is -0.00120. The number of aliphatic hydroxyl groups is 3. The highest BCUT2D eigenvalue weighted by Gasteiger charge is 2.42. The maximum Gasteiger partial charge on any atom is 0.186 e. The van der Waals surface area contributed by atoms with Crippen LogP contribution in [0.1, 0.15) is 40.0 Å². The van der Waals surface area contributed by atoms with Crippen molar-refractivity contribution in [1.29, 1.82) is 0 Å². The molecule has 0 spiro atoms. The third-order valence-electron chi connectivity index (χ3n) is 3.46. The minimum Gasteiger partial charge on any atom is -0.388 e. The minimum absolute atomic E-state index is 0.471. The second-order valence-electron chi connectivity index (χ2n) is 5.72. The van der Waals surface area contributed by atoms with Crippen molar-refractivity contribution in [3.8, 4) is 0 Å². The summed E-state index contributed by atoms with van der Waals surface area (Å²) in [6, 6.07) is 0.506. The fourth-order valence-corrected chi connectivity index (χ4v) is 2.15. The monoisotopic (exact) mass is 291 g/mol. The van der Waals surface area contributed by atoms with Gasteiger partial charge < -0.3 is 30.1 Å². The largest absolute Gasteiger partial charge is 0.388 e. The van der Waals surface area contributed by atoms with Gasteiger partial charge in [-0.2, -0.15) is 0 Å². The highest BCUT2D eigenvalue weighted by Crippen LogP contribution is 2.21. The zero-order valence-corrected chi connectivity index (χ0v) is 12.7. The lowest BCUT2D eigenvalue weighted by molar-refractivity contribution is -0.293. The fourth-order valence-electron chi connectivity index (χ4n) is 2.15. The Balaban J connectivity index is 2.12. The minimum atomic E-state index is -1.22. The zero-order chi connectivity index (χ0) is 15.1. The number of nitrogens with one attached hydrogen (secondary N) is 1. The summed E-state index contributed by atoms with van der Waals surface area (Å²) in [5, 5.41) is 32.3. The summed E-state index contributed by atoms with van der Waals surface area (Å²) in [7, 11) is 0. The van der Waals surface area contributed by atoms with Gasteiger partial charge in [-0.25, -0.2) is 0 Å². The number of aliphatic hydroxyl groups excluding tert-OH is 3.